The highest BCUT2D eigenvalue weighted by molar-refractivity contribution is 6.08. The number of fused-ring (bicyclic) bond motifs is 1. The smallest absolute Gasteiger partial charge is 0.305 e. The molecule has 0 spiro atoms. The summed E-state index contributed by atoms with van der Waals surface area (Å²) in [5.74, 6) is -1.79. The summed E-state index contributed by atoms with van der Waals surface area (Å²) in [5.41, 5.74) is 0.475. The molecular formula is C20H20N2O4. The molecule has 1 aliphatic rings. The van der Waals surface area contributed by atoms with Crippen LogP contribution >= 0.6 is 0 Å². The van der Waals surface area contributed by atoms with Crippen LogP contribution in [0.3, 0.4) is 0 Å². The summed E-state index contributed by atoms with van der Waals surface area (Å²) in [6, 6.07) is 11.9. The largest absolute Gasteiger partial charge is 0.481 e. The molecule has 1 atom stereocenters. The molecule has 1 unspecified atom stereocenters. The lowest BCUT2D eigenvalue weighted by Gasteiger charge is -2.40. The molecule has 26 heavy (non-hydrogen) atoms. The summed E-state index contributed by atoms with van der Waals surface area (Å²) < 4.78 is 0. The third-order valence-corrected chi connectivity index (χ3v) is 4.58. The zero-order chi connectivity index (χ0) is 18.7. The van der Waals surface area contributed by atoms with Gasteiger partial charge in [-0.3, -0.25) is 14.4 Å². The molecule has 3 rings (SSSR count). The molecule has 2 aromatic carbocycles. The van der Waals surface area contributed by atoms with Crippen molar-refractivity contribution in [2.75, 3.05) is 19.6 Å². The van der Waals surface area contributed by atoms with Gasteiger partial charge in [-0.1, -0.05) is 42.5 Å². The van der Waals surface area contributed by atoms with E-state index in [0.29, 0.717) is 25.2 Å². The van der Waals surface area contributed by atoms with E-state index in [-0.39, 0.29) is 11.8 Å². The van der Waals surface area contributed by atoms with Crippen molar-refractivity contribution in [3.8, 4) is 0 Å². The van der Waals surface area contributed by atoms with Gasteiger partial charge < -0.3 is 14.9 Å². The second-order valence-corrected chi connectivity index (χ2v) is 6.21. The van der Waals surface area contributed by atoms with E-state index in [9.17, 15) is 19.5 Å². The van der Waals surface area contributed by atoms with Crippen molar-refractivity contribution in [1.29, 1.82) is 0 Å². The molecule has 6 heteroatoms. The van der Waals surface area contributed by atoms with E-state index in [1.807, 2.05) is 30.3 Å². The van der Waals surface area contributed by atoms with Gasteiger partial charge in [0.1, 0.15) is 6.04 Å². The van der Waals surface area contributed by atoms with E-state index in [2.05, 4.69) is 6.58 Å². The van der Waals surface area contributed by atoms with Crippen LogP contribution in [0.4, 0.5) is 0 Å². The van der Waals surface area contributed by atoms with E-state index in [0.717, 1.165) is 10.8 Å². The van der Waals surface area contributed by atoms with Crippen LogP contribution in [-0.4, -0.2) is 58.4 Å². The highest BCUT2D eigenvalue weighted by atomic mass is 16.4. The molecule has 0 aromatic heterocycles. The van der Waals surface area contributed by atoms with Gasteiger partial charge in [-0.15, -0.1) is 6.58 Å². The molecule has 1 fully saturated rings. The minimum Gasteiger partial charge on any atom is -0.481 e. The fourth-order valence-electron chi connectivity index (χ4n) is 3.35. The van der Waals surface area contributed by atoms with Gasteiger partial charge in [0.15, 0.2) is 0 Å². The zero-order valence-corrected chi connectivity index (χ0v) is 14.3. The van der Waals surface area contributed by atoms with E-state index >= 15 is 0 Å². The molecule has 0 aliphatic carbocycles. The summed E-state index contributed by atoms with van der Waals surface area (Å²) in [6.45, 7) is 4.61. The third kappa shape index (κ3) is 3.31. The number of amides is 2. The van der Waals surface area contributed by atoms with Crippen molar-refractivity contribution < 1.29 is 19.5 Å². The van der Waals surface area contributed by atoms with Crippen molar-refractivity contribution >= 4 is 28.6 Å². The maximum atomic E-state index is 13.2. The Morgan fingerprint density at radius 2 is 1.88 bits per heavy atom. The molecule has 2 amide bonds. The summed E-state index contributed by atoms with van der Waals surface area (Å²) in [7, 11) is 0. The lowest BCUT2D eigenvalue weighted by atomic mass is 10.0. The minimum atomic E-state index is -1.11. The number of benzene rings is 2. The van der Waals surface area contributed by atoms with E-state index in [1.165, 1.54) is 9.80 Å². The van der Waals surface area contributed by atoms with Crippen molar-refractivity contribution in [2.45, 2.75) is 12.5 Å². The number of rotatable bonds is 5. The van der Waals surface area contributed by atoms with Crippen LogP contribution in [0.15, 0.2) is 55.1 Å². The van der Waals surface area contributed by atoms with Crippen LogP contribution in [0.5, 0.6) is 0 Å². The molecule has 1 aliphatic heterocycles. The molecule has 0 bridgehead atoms. The first-order valence-electron chi connectivity index (χ1n) is 8.43. The van der Waals surface area contributed by atoms with Gasteiger partial charge in [-0.2, -0.15) is 0 Å². The first kappa shape index (κ1) is 17.7. The topological polar surface area (TPSA) is 77.9 Å². The number of aliphatic carboxylic acids is 1. The van der Waals surface area contributed by atoms with Gasteiger partial charge in [-0.25, -0.2) is 0 Å². The standard InChI is InChI=1S/C20H20N2O4/c1-2-10-21-11-12-22(17(20(21)26)13-18(23)24)19(25)16-9-5-7-14-6-3-4-8-15(14)16/h2-9,17H,1,10-13H2,(H,23,24). The number of piperazine rings is 1. The number of carboxylic acid groups (broad SMARTS) is 1. The first-order chi connectivity index (χ1) is 12.5. The van der Waals surface area contributed by atoms with E-state index in [1.54, 1.807) is 18.2 Å². The number of nitrogens with zero attached hydrogens (tertiary/aromatic N) is 2. The highest BCUT2D eigenvalue weighted by Gasteiger charge is 2.38. The average molecular weight is 352 g/mol. The van der Waals surface area contributed by atoms with E-state index < -0.39 is 18.4 Å². The molecule has 1 N–H and O–H groups in total. The molecule has 2 aromatic rings. The van der Waals surface area contributed by atoms with Crippen molar-refractivity contribution in [3.05, 3.63) is 60.7 Å². The average Bonchev–Trinajstić information content (AvgIpc) is 2.64. The zero-order valence-electron chi connectivity index (χ0n) is 14.3. The monoisotopic (exact) mass is 352 g/mol. The summed E-state index contributed by atoms with van der Waals surface area (Å²) in [4.78, 5) is 40.0. The Labute approximate surface area is 151 Å². The lowest BCUT2D eigenvalue weighted by molar-refractivity contribution is -0.147. The summed E-state index contributed by atoms with van der Waals surface area (Å²) in [6.07, 6.45) is 1.18. The molecule has 0 radical (unpaired) electrons. The highest BCUT2D eigenvalue weighted by Crippen LogP contribution is 2.23. The Kier molecular flexibility index (Phi) is 5.02. The molecule has 6 nitrogen and oxygen atoms in total. The Morgan fingerprint density at radius 1 is 1.15 bits per heavy atom. The Morgan fingerprint density at radius 3 is 2.62 bits per heavy atom. The van der Waals surface area contributed by atoms with Gasteiger partial charge >= 0.3 is 5.97 Å². The van der Waals surface area contributed by atoms with Crippen LogP contribution in [0.25, 0.3) is 10.8 Å². The molecule has 1 heterocycles. The number of hydrogen-bond donors (Lipinski definition) is 1. The van der Waals surface area contributed by atoms with Crippen molar-refractivity contribution in [3.63, 3.8) is 0 Å². The number of hydrogen-bond acceptors (Lipinski definition) is 3. The quantitative estimate of drug-likeness (QED) is 0.837. The fraction of sp³-hybridized carbons (Fsp3) is 0.250. The first-order valence-corrected chi connectivity index (χ1v) is 8.43. The summed E-state index contributed by atoms with van der Waals surface area (Å²) in [5, 5.41) is 10.9. The lowest BCUT2D eigenvalue weighted by Crippen LogP contribution is -2.59. The molecule has 134 valence electrons. The van der Waals surface area contributed by atoms with Gasteiger partial charge in [-0.05, 0) is 16.8 Å². The SMILES string of the molecule is C=CCN1CCN(C(=O)c2cccc3ccccc23)C(CC(=O)O)C1=O. The predicted molar refractivity (Wildman–Crippen MR) is 97.8 cm³/mol. The van der Waals surface area contributed by atoms with Crippen LogP contribution in [0.1, 0.15) is 16.8 Å². The van der Waals surface area contributed by atoms with E-state index in [4.69, 9.17) is 0 Å². The van der Waals surface area contributed by atoms with Gasteiger partial charge in [0.05, 0.1) is 6.42 Å². The number of carbonyl (C=O) groups is 3. The summed E-state index contributed by atoms with van der Waals surface area (Å²) >= 11 is 0. The van der Waals surface area contributed by atoms with Crippen molar-refractivity contribution in [1.82, 2.24) is 9.80 Å². The van der Waals surface area contributed by atoms with Gasteiger partial charge in [0.25, 0.3) is 5.91 Å². The van der Waals surface area contributed by atoms with Crippen molar-refractivity contribution in [2.24, 2.45) is 0 Å². The van der Waals surface area contributed by atoms with Crippen LogP contribution < -0.4 is 0 Å². The Hall–Kier alpha value is -3.15. The number of carbonyl (C=O) groups excluding carboxylic acids is 2. The maximum Gasteiger partial charge on any atom is 0.305 e. The number of carboxylic acids is 1. The second-order valence-electron chi connectivity index (χ2n) is 6.21. The maximum absolute atomic E-state index is 13.2. The van der Waals surface area contributed by atoms with Gasteiger partial charge in [0.2, 0.25) is 5.91 Å². The van der Waals surface area contributed by atoms with Crippen LogP contribution in [0, 0.1) is 0 Å². The molecular weight excluding hydrogens is 332 g/mol. The minimum absolute atomic E-state index is 0.291. The molecule has 1 saturated heterocycles. The Bertz CT molecular complexity index is 872. The van der Waals surface area contributed by atoms with Crippen LogP contribution in [0.2, 0.25) is 0 Å². The normalized spacial score (nSPS) is 17.4. The molecule has 0 saturated carbocycles. The fourth-order valence-corrected chi connectivity index (χ4v) is 3.35. The second kappa shape index (κ2) is 7.39. The Balaban J connectivity index is 1.97. The third-order valence-electron chi connectivity index (χ3n) is 4.58. The van der Waals surface area contributed by atoms with Crippen LogP contribution in [-0.2, 0) is 9.59 Å². The predicted octanol–water partition coefficient (Wildman–Crippen LogP) is 2.15. The van der Waals surface area contributed by atoms with Gasteiger partial charge in [0, 0.05) is 25.2 Å².